The van der Waals surface area contributed by atoms with Crippen molar-refractivity contribution in [2.24, 2.45) is 0 Å². The molecular weight excluding hydrogens is 220 g/mol. The van der Waals surface area contributed by atoms with Gasteiger partial charge >= 0.3 is 0 Å². The third-order valence-electron chi connectivity index (χ3n) is 3.15. The zero-order chi connectivity index (χ0) is 12.4. The Labute approximate surface area is 106 Å². The molecule has 0 aliphatic heterocycles. The van der Waals surface area contributed by atoms with Crippen LogP contribution in [0.4, 0.5) is 5.69 Å². The molecule has 3 aromatic rings. The first kappa shape index (κ1) is 10.8. The molecule has 0 atom stereocenters. The number of nitrogens with one attached hydrogen (secondary N) is 1. The molecule has 1 N–H and O–H groups in total. The number of aromatic nitrogens is 1. The fourth-order valence-corrected chi connectivity index (χ4v) is 2.09. The molecule has 0 spiro atoms. The predicted octanol–water partition coefficient (Wildman–Crippen LogP) is 3.94. The van der Waals surface area contributed by atoms with E-state index in [2.05, 4.69) is 52.8 Å². The molecule has 0 aliphatic carbocycles. The largest absolute Gasteiger partial charge is 0.388 e. The number of hydrogen-bond donors (Lipinski definition) is 1. The van der Waals surface area contributed by atoms with Crippen molar-refractivity contribution in [3.8, 4) is 11.1 Å². The normalized spacial score (nSPS) is 10.5. The summed E-state index contributed by atoms with van der Waals surface area (Å²) in [5.41, 5.74) is 3.59. The van der Waals surface area contributed by atoms with E-state index in [1.165, 1.54) is 21.9 Å². The molecule has 0 fully saturated rings. The number of benzene rings is 2. The number of nitrogens with zero attached hydrogens (tertiary/aromatic N) is 1. The summed E-state index contributed by atoms with van der Waals surface area (Å²) in [7, 11) is 1.93. The van der Waals surface area contributed by atoms with E-state index in [4.69, 9.17) is 0 Å². The zero-order valence-corrected chi connectivity index (χ0v) is 10.2. The number of fused-ring (bicyclic) bond motifs is 1. The van der Waals surface area contributed by atoms with Crippen LogP contribution in [-0.4, -0.2) is 12.0 Å². The van der Waals surface area contributed by atoms with Gasteiger partial charge in [-0.1, -0.05) is 24.3 Å². The smallest absolute Gasteiger partial charge is 0.0346 e. The lowest BCUT2D eigenvalue weighted by molar-refractivity contribution is 1.36. The van der Waals surface area contributed by atoms with Gasteiger partial charge < -0.3 is 5.32 Å². The van der Waals surface area contributed by atoms with Gasteiger partial charge in [0.1, 0.15) is 0 Å². The second kappa shape index (κ2) is 4.49. The van der Waals surface area contributed by atoms with Gasteiger partial charge in [0.2, 0.25) is 0 Å². The van der Waals surface area contributed by atoms with Crippen LogP contribution in [0.2, 0.25) is 0 Å². The highest BCUT2D eigenvalue weighted by molar-refractivity contribution is 5.86. The molecule has 1 heterocycles. The van der Waals surface area contributed by atoms with Crippen molar-refractivity contribution in [1.29, 1.82) is 0 Å². The highest BCUT2D eigenvalue weighted by Gasteiger charge is 1.99. The Kier molecular flexibility index (Phi) is 2.69. The topological polar surface area (TPSA) is 24.9 Å². The van der Waals surface area contributed by atoms with Gasteiger partial charge in [-0.15, -0.1) is 0 Å². The van der Waals surface area contributed by atoms with Crippen LogP contribution in [0.25, 0.3) is 21.9 Å². The molecule has 0 saturated carbocycles. The Morgan fingerprint density at radius 2 is 1.61 bits per heavy atom. The lowest BCUT2D eigenvalue weighted by atomic mass is 10.0. The molecular formula is C16H14N2. The summed E-state index contributed by atoms with van der Waals surface area (Å²) in [6, 6.07) is 16.9. The molecule has 0 radical (unpaired) electrons. The Morgan fingerprint density at radius 1 is 0.833 bits per heavy atom. The van der Waals surface area contributed by atoms with Crippen LogP contribution in [0.1, 0.15) is 0 Å². The second-order valence-electron chi connectivity index (χ2n) is 4.26. The van der Waals surface area contributed by atoms with Crippen LogP contribution in [0, 0.1) is 0 Å². The fraction of sp³-hybridized carbons (Fsp3) is 0.0625. The molecule has 1 aromatic heterocycles. The van der Waals surface area contributed by atoms with Crippen molar-refractivity contribution in [2.75, 3.05) is 12.4 Å². The van der Waals surface area contributed by atoms with Gasteiger partial charge in [0.15, 0.2) is 0 Å². The van der Waals surface area contributed by atoms with Gasteiger partial charge in [-0.05, 0) is 40.8 Å². The molecule has 2 heteroatoms. The minimum absolute atomic E-state index is 1.13. The van der Waals surface area contributed by atoms with E-state index < -0.39 is 0 Å². The molecule has 2 nitrogen and oxygen atoms in total. The van der Waals surface area contributed by atoms with E-state index in [0.29, 0.717) is 0 Å². The minimum Gasteiger partial charge on any atom is -0.388 e. The molecule has 0 saturated heterocycles. The van der Waals surface area contributed by atoms with Crippen LogP contribution in [-0.2, 0) is 0 Å². The Hall–Kier alpha value is -2.35. The molecule has 88 valence electrons. The predicted molar refractivity (Wildman–Crippen MR) is 76.7 cm³/mol. The van der Waals surface area contributed by atoms with E-state index >= 15 is 0 Å². The lowest BCUT2D eigenvalue weighted by Crippen LogP contribution is -1.87. The summed E-state index contributed by atoms with van der Waals surface area (Å²) in [5.74, 6) is 0. The van der Waals surface area contributed by atoms with Crippen molar-refractivity contribution in [3.05, 3.63) is 60.9 Å². The van der Waals surface area contributed by atoms with Gasteiger partial charge in [-0.25, -0.2) is 0 Å². The maximum atomic E-state index is 4.13. The third-order valence-corrected chi connectivity index (χ3v) is 3.15. The number of hydrogen-bond acceptors (Lipinski definition) is 2. The summed E-state index contributed by atoms with van der Waals surface area (Å²) >= 11 is 0. The third kappa shape index (κ3) is 1.93. The number of rotatable bonds is 2. The van der Waals surface area contributed by atoms with Crippen molar-refractivity contribution < 1.29 is 0 Å². The van der Waals surface area contributed by atoms with Crippen LogP contribution >= 0.6 is 0 Å². The summed E-state index contributed by atoms with van der Waals surface area (Å²) in [6.07, 6.45) is 3.72. The average molecular weight is 234 g/mol. The first-order valence-electron chi connectivity index (χ1n) is 5.99. The Balaban J connectivity index is 2.07. The maximum absolute atomic E-state index is 4.13. The van der Waals surface area contributed by atoms with Gasteiger partial charge in [0, 0.05) is 30.5 Å². The van der Waals surface area contributed by atoms with E-state index in [-0.39, 0.29) is 0 Å². The van der Waals surface area contributed by atoms with Gasteiger partial charge in [-0.3, -0.25) is 4.98 Å². The molecule has 2 aromatic carbocycles. The molecule has 0 amide bonds. The van der Waals surface area contributed by atoms with E-state index in [1.54, 1.807) is 0 Å². The monoisotopic (exact) mass is 234 g/mol. The maximum Gasteiger partial charge on any atom is 0.0346 e. The molecule has 18 heavy (non-hydrogen) atoms. The van der Waals surface area contributed by atoms with Crippen molar-refractivity contribution in [3.63, 3.8) is 0 Å². The summed E-state index contributed by atoms with van der Waals surface area (Å²) < 4.78 is 0. The zero-order valence-electron chi connectivity index (χ0n) is 10.2. The van der Waals surface area contributed by atoms with Gasteiger partial charge in [0.25, 0.3) is 0 Å². The number of pyridine rings is 1. The quantitative estimate of drug-likeness (QED) is 0.726. The molecule has 0 bridgehead atoms. The molecule has 0 unspecified atom stereocenters. The van der Waals surface area contributed by atoms with Crippen LogP contribution in [0.5, 0.6) is 0 Å². The Morgan fingerprint density at radius 3 is 2.39 bits per heavy atom. The standard InChI is InChI=1S/C16H14N2/c1-17-16-6-4-12(5-7-16)13-2-3-15-11-18-9-8-14(15)10-13/h2-11,17H,1H3. The Bertz CT molecular complexity index is 672. The van der Waals surface area contributed by atoms with Crippen LogP contribution < -0.4 is 5.32 Å². The van der Waals surface area contributed by atoms with Crippen molar-refractivity contribution in [1.82, 2.24) is 4.98 Å². The van der Waals surface area contributed by atoms with Crippen molar-refractivity contribution in [2.45, 2.75) is 0 Å². The van der Waals surface area contributed by atoms with E-state index in [9.17, 15) is 0 Å². The summed E-state index contributed by atoms with van der Waals surface area (Å²) in [6.45, 7) is 0. The van der Waals surface area contributed by atoms with Crippen LogP contribution in [0.15, 0.2) is 60.9 Å². The second-order valence-corrected chi connectivity index (χ2v) is 4.26. The summed E-state index contributed by atoms with van der Waals surface area (Å²) in [4.78, 5) is 4.13. The van der Waals surface area contributed by atoms with Crippen molar-refractivity contribution >= 4 is 16.5 Å². The lowest BCUT2D eigenvalue weighted by Gasteiger charge is -2.05. The molecule has 3 rings (SSSR count). The SMILES string of the molecule is CNc1ccc(-c2ccc3cnccc3c2)cc1. The first-order chi connectivity index (χ1) is 8.86. The molecule has 0 aliphatic rings. The average Bonchev–Trinajstić information content (AvgIpc) is 2.47. The first-order valence-corrected chi connectivity index (χ1v) is 5.99. The van der Waals surface area contributed by atoms with Crippen LogP contribution in [0.3, 0.4) is 0 Å². The number of anilines is 1. The van der Waals surface area contributed by atoms with Gasteiger partial charge in [-0.2, -0.15) is 0 Å². The minimum atomic E-state index is 1.13. The van der Waals surface area contributed by atoms with E-state index in [1.807, 2.05) is 25.5 Å². The fourth-order valence-electron chi connectivity index (χ4n) is 2.09. The van der Waals surface area contributed by atoms with Gasteiger partial charge in [0.05, 0.1) is 0 Å². The highest BCUT2D eigenvalue weighted by atomic mass is 14.8. The summed E-state index contributed by atoms with van der Waals surface area (Å²) in [5, 5.41) is 5.52. The van der Waals surface area contributed by atoms with E-state index in [0.717, 1.165) is 5.69 Å². The highest BCUT2D eigenvalue weighted by Crippen LogP contribution is 2.25.